The average Bonchev–Trinajstić information content (AvgIpc) is 2.46. The highest BCUT2D eigenvalue weighted by Gasteiger charge is 2.09. The third-order valence-corrected chi connectivity index (χ3v) is 3.76. The molecule has 20 heavy (non-hydrogen) atoms. The van der Waals surface area contributed by atoms with E-state index in [-0.39, 0.29) is 0 Å². The van der Waals surface area contributed by atoms with Crippen LogP contribution in [0.15, 0.2) is 24.3 Å². The molecule has 0 bridgehead atoms. The van der Waals surface area contributed by atoms with Gasteiger partial charge in [0.15, 0.2) is 0 Å². The molecule has 0 saturated carbocycles. The Kier molecular flexibility index (Phi) is 9.73. The molecular formula is C17H28ClNO. The van der Waals surface area contributed by atoms with Crippen molar-refractivity contribution < 1.29 is 4.74 Å². The lowest BCUT2D eigenvalue weighted by Gasteiger charge is -2.18. The Morgan fingerprint density at radius 3 is 2.60 bits per heavy atom. The van der Waals surface area contributed by atoms with Gasteiger partial charge in [-0.3, -0.25) is 0 Å². The van der Waals surface area contributed by atoms with Gasteiger partial charge < -0.3 is 10.1 Å². The summed E-state index contributed by atoms with van der Waals surface area (Å²) >= 11 is 5.94. The third-order valence-electron chi connectivity index (χ3n) is 3.51. The summed E-state index contributed by atoms with van der Waals surface area (Å²) in [7, 11) is 1.77. The first-order chi connectivity index (χ1) is 9.76. The molecule has 1 atom stereocenters. The number of benzene rings is 1. The summed E-state index contributed by atoms with van der Waals surface area (Å²) in [6.45, 7) is 5.29. The second kappa shape index (κ2) is 11.1. The number of hydrogen-bond donors (Lipinski definition) is 1. The molecule has 0 spiro atoms. The SMILES string of the molecule is CCCNCC(CCCCOC)Cc1ccc(Cl)cc1. The Hall–Kier alpha value is -0.570. The first-order valence-corrected chi connectivity index (χ1v) is 8.08. The third kappa shape index (κ3) is 7.88. The van der Waals surface area contributed by atoms with Crippen molar-refractivity contribution in [3.8, 4) is 0 Å². The van der Waals surface area contributed by atoms with E-state index in [2.05, 4.69) is 24.4 Å². The van der Waals surface area contributed by atoms with E-state index >= 15 is 0 Å². The van der Waals surface area contributed by atoms with Crippen molar-refractivity contribution in [2.24, 2.45) is 5.92 Å². The summed E-state index contributed by atoms with van der Waals surface area (Å²) in [6, 6.07) is 8.26. The Balaban J connectivity index is 2.41. The molecule has 0 aliphatic heterocycles. The molecule has 1 rings (SSSR count). The highest BCUT2D eigenvalue weighted by atomic mass is 35.5. The summed E-state index contributed by atoms with van der Waals surface area (Å²) in [5.41, 5.74) is 1.38. The van der Waals surface area contributed by atoms with Gasteiger partial charge in [0.1, 0.15) is 0 Å². The molecular weight excluding hydrogens is 270 g/mol. The average molecular weight is 298 g/mol. The van der Waals surface area contributed by atoms with E-state index in [1.807, 2.05) is 12.1 Å². The normalized spacial score (nSPS) is 12.6. The maximum atomic E-state index is 5.94. The van der Waals surface area contributed by atoms with Crippen LogP contribution in [-0.2, 0) is 11.2 Å². The predicted molar refractivity (Wildman–Crippen MR) is 87.5 cm³/mol. The van der Waals surface area contributed by atoms with Gasteiger partial charge in [-0.15, -0.1) is 0 Å². The molecule has 2 nitrogen and oxygen atoms in total. The van der Waals surface area contributed by atoms with Gasteiger partial charge in [0.05, 0.1) is 0 Å². The van der Waals surface area contributed by atoms with Crippen LogP contribution in [0.3, 0.4) is 0 Å². The molecule has 0 fully saturated rings. The van der Waals surface area contributed by atoms with E-state index in [1.54, 1.807) is 7.11 Å². The summed E-state index contributed by atoms with van der Waals surface area (Å²) < 4.78 is 5.12. The number of nitrogens with one attached hydrogen (secondary N) is 1. The standard InChI is InChI=1S/C17H28ClNO/c1-3-11-19-14-16(6-4-5-12-20-2)13-15-7-9-17(18)10-8-15/h7-10,16,19H,3-6,11-14H2,1-2H3. The highest BCUT2D eigenvalue weighted by Crippen LogP contribution is 2.17. The second-order valence-corrected chi connectivity index (χ2v) is 5.83. The fraction of sp³-hybridized carbons (Fsp3) is 0.647. The summed E-state index contributed by atoms with van der Waals surface area (Å²) in [5.74, 6) is 0.694. The molecule has 0 aliphatic carbocycles. The number of halogens is 1. The van der Waals surface area contributed by atoms with Gasteiger partial charge in [0.25, 0.3) is 0 Å². The molecule has 0 heterocycles. The fourth-order valence-electron chi connectivity index (χ4n) is 2.39. The van der Waals surface area contributed by atoms with E-state index in [4.69, 9.17) is 16.3 Å². The fourth-order valence-corrected chi connectivity index (χ4v) is 2.52. The van der Waals surface area contributed by atoms with Gasteiger partial charge in [-0.1, -0.05) is 37.1 Å². The monoisotopic (exact) mass is 297 g/mol. The predicted octanol–water partition coefficient (Wildman–Crippen LogP) is 4.32. The zero-order valence-electron chi connectivity index (χ0n) is 12.8. The summed E-state index contributed by atoms with van der Waals surface area (Å²) in [4.78, 5) is 0. The number of ether oxygens (including phenoxy) is 1. The maximum absolute atomic E-state index is 5.94. The van der Waals surface area contributed by atoms with E-state index in [1.165, 1.54) is 24.8 Å². The van der Waals surface area contributed by atoms with Crippen molar-refractivity contribution in [3.63, 3.8) is 0 Å². The van der Waals surface area contributed by atoms with E-state index in [0.717, 1.165) is 37.6 Å². The van der Waals surface area contributed by atoms with Crippen molar-refractivity contribution in [2.45, 2.75) is 39.0 Å². The first-order valence-electron chi connectivity index (χ1n) is 7.70. The topological polar surface area (TPSA) is 21.3 Å². The van der Waals surface area contributed by atoms with Crippen LogP contribution in [-0.4, -0.2) is 26.8 Å². The molecule has 0 saturated heterocycles. The molecule has 1 aromatic rings. The lowest BCUT2D eigenvalue weighted by atomic mass is 9.94. The van der Waals surface area contributed by atoms with Crippen LogP contribution in [0.5, 0.6) is 0 Å². The van der Waals surface area contributed by atoms with E-state index in [0.29, 0.717) is 5.92 Å². The van der Waals surface area contributed by atoms with Crippen molar-refractivity contribution in [3.05, 3.63) is 34.9 Å². The van der Waals surface area contributed by atoms with Gasteiger partial charge in [0.2, 0.25) is 0 Å². The Morgan fingerprint density at radius 2 is 1.95 bits per heavy atom. The minimum absolute atomic E-state index is 0.694. The number of hydrogen-bond acceptors (Lipinski definition) is 2. The molecule has 0 aliphatic rings. The van der Waals surface area contributed by atoms with Crippen molar-refractivity contribution in [1.29, 1.82) is 0 Å². The molecule has 0 radical (unpaired) electrons. The van der Waals surface area contributed by atoms with Gasteiger partial charge in [-0.05, 0) is 62.4 Å². The molecule has 1 unspecified atom stereocenters. The van der Waals surface area contributed by atoms with Gasteiger partial charge in [-0.25, -0.2) is 0 Å². The molecule has 1 aromatic carbocycles. The number of unbranched alkanes of at least 4 members (excludes halogenated alkanes) is 1. The minimum Gasteiger partial charge on any atom is -0.385 e. The molecule has 1 N–H and O–H groups in total. The van der Waals surface area contributed by atoms with Crippen LogP contribution in [0, 0.1) is 5.92 Å². The van der Waals surface area contributed by atoms with Crippen molar-refractivity contribution >= 4 is 11.6 Å². The molecule has 0 amide bonds. The van der Waals surface area contributed by atoms with Crippen LogP contribution >= 0.6 is 11.6 Å². The van der Waals surface area contributed by atoms with Gasteiger partial charge in [0, 0.05) is 18.7 Å². The maximum Gasteiger partial charge on any atom is 0.0462 e. The first kappa shape index (κ1) is 17.5. The zero-order valence-corrected chi connectivity index (χ0v) is 13.6. The Bertz CT molecular complexity index is 339. The smallest absolute Gasteiger partial charge is 0.0462 e. The van der Waals surface area contributed by atoms with Crippen LogP contribution in [0.4, 0.5) is 0 Å². The minimum atomic E-state index is 0.694. The number of rotatable bonds is 11. The Labute approximate surface area is 128 Å². The zero-order chi connectivity index (χ0) is 14.6. The van der Waals surface area contributed by atoms with E-state index in [9.17, 15) is 0 Å². The molecule has 0 aromatic heterocycles. The second-order valence-electron chi connectivity index (χ2n) is 5.39. The van der Waals surface area contributed by atoms with Crippen molar-refractivity contribution in [2.75, 3.05) is 26.8 Å². The van der Waals surface area contributed by atoms with Crippen LogP contribution in [0.2, 0.25) is 5.02 Å². The quantitative estimate of drug-likeness (QED) is 0.614. The van der Waals surface area contributed by atoms with Crippen LogP contribution in [0.25, 0.3) is 0 Å². The van der Waals surface area contributed by atoms with Crippen molar-refractivity contribution in [1.82, 2.24) is 5.32 Å². The van der Waals surface area contributed by atoms with Crippen LogP contribution < -0.4 is 5.32 Å². The lowest BCUT2D eigenvalue weighted by Crippen LogP contribution is -2.25. The summed E-state index contributed by atoms with van der Waals surface area (Å²) in [6.07, 6.45) is 5.96. The molecule has 114 valence electrons. The summed E-state index contributed by atoms with van der Waals surface area (Å²) in [5, 5.41) is 4.36. The van der Waals surface area contributed by atoms with Crippen LogP contribution in [0.1, 0.15) is 38.2 Å². The largest absolute Gasteiger partial charge is 0.385 e. The highest BCUT2D eigenvalue weighted by molar-refractivity contribution is 6.30. The lowest BCUT2D eigenvalue weighted by molar-refractivity contribution is 0.190. The van der Waals surface area contributed by atoms with Gasteiger partial charge >= 0.3 is 0 Å². The number of methoxy groups -OCH3 is 1. The van der Waals surface area contributed by atoms with E-state index < -0.39 is 0 Å². The Morgan fingerprint density at radius 1 is 1.20 bits per heavy atom. The van der Waals surface area contributed by atoms with Gasteiger partial charge in [-0.2, -0.15) is 0 Å². The molecule has 3 heteroatoms.